The largest absolute Gasteiger partial charge is 0.481 e. The lowest BCUT2D eigenvalue weighted by molar-refractivity contribution is -0.139. The fourth-order valence-corrected chi connectivity index (χ4v) is 2.03. The van der Waals surface area contributed by atoms with E-state index in [0.29, 0.717) is 0 Å². The van der Waals surface area contributed by atoms with E-state index in [0.717, 1.165) is 12.3 Å². The molecule has 2 rings (SSSR count). The summed E-state index contributed by atoms with van der Waals surface area (Å²) in [5.41, 5.74) is -0.463. The summed E-state index contributed by atoms with van der Waals surface area (Å²) in [5.74, 6) is -4.56. The van der Waals surface area contributed by atoms with E-state index in [1.165, 1.54) is 4.90 Å². The van der Waals surface area contributed by atoms with Crippen LogP contribution in [0.15, 0.2) is 12.3 Å². The monoisotopic (exact) mass is 286 g/mol. The molecular weight excluding hydrogens is 274 g/mol. The van der Waals surface area contributed by atoms with Crippen molar-refractivity contribution in [3.8, 4) is 0 Å². The number of carbonyl (C=O) groups excluding carboxylic acids is 1. The van der Waals surface area contributed by atoms with Gasteiger partial charge in [0.05, 0.1) is 31.2 Å². The third-order valence-electron chi connectivity index (χ3n) is 2.98. The Hall–Kier alpha value is -2.09. The number of carboxylic acids is 1. The van der Waals surface area contributed by atoms with Crippen molar-refractivity contribution >= 4 is 11.9 Å². The summed E-state index contributed by atoms with van der Waals surface area (Å²) in [6.45, 7) is 0.393. The average Bonchev–Trinajstić information content (AvgIpc) is 2.41. The van der Waals surface area contributed by atoms with Crippen LogP contribution in [0, 0.1) is 11.8 Å². The van der Waals surface area contributed by atoms with Crippen LogP contribution in [0.25, 0.3) is 0 Å². The highest BCUT2D eigenvalue weighted by Gasteiger charge is 2.31. The summed E-state index contributed by atoms with van der Waals surface area (Å²) in [4.78, 5) is 27.3. The number of ether oxygens (including phenoxy) is 1. The fourth-order valence-electron chi connectivity index (χ4n) is 2.03. The van der Waals surface area contributed by atoms with Crippen LogP contribution in [0.3, 0.4) is 0 Å². The second-order valence-electron chi connectivity index (χ2n) is 4.29. The molecule has 1 aromatic heterocycles. The van der Waals surface area contributed by atoms with Crippen LogP contribution in [0.4, 0.5) is 8.78 Å². The number of morpholine rings is 1. The van der Waals surface area contributed by atoms with E-state index in [1.54, 1.807) is 0 Å². The molecule has 1 atom stereocenters. The quantitative estimate of drug-likeness (QED) is 0.826. The van der Waals surface area contributed by atoms with Gasteiger partial charge in [-0.2, -0.15) is 4.39 Å². The van der Waals surface area contributed by atoms with Crippen LogP contribution in [-0.4, -0.2) is 52.7 Å². The zero-order chi connectivity index (χ0) is 14.7. The minimum atomic E-state index is -1.36. The van der Waals surface area contributed by atoms with E-state index in [4.69, 9.17) is 9.84 Å². The number of hydrogen-bond acceptors (Lipinski definition) is 4. The van der Waals surface area contributed by atoms with Gasteiger partial charge in [-0.1, -0.05) is 0 Å². The maximum atomic E-state index is 13.6. The molecule has 6 nitrogen and oxygen atoms in total. The van der Waals surface area contributed by atoms with Gasteiger partial charge < -0.3 is 14.7 Å². The van der Waals surface area contributed by atoms with Crippen LogP contribution in [-0.2, 0) is 9.53 Å². The van der Waals surface area contributed by atoms with Gasteiger partial charge in [0, 0.05) is 12.7 Å². The first-order valence-electron chi connectivity index (χ1n) is 5.91. The number of pyridine rings is 1. The second-order valence-corrected chi connectivity index (χ2v) is 4.29. The summed E-state index contributed by atoms with van der Waals surface area (Å²) < 4.78 is 31.7. The Morgan fingerprint density at radius 1 is 1.50 bits per heavy atom. The first kappa shape index (κ1) is 14.3. The average molecular weight is 286 g/mol. The van der Waals surface area contributed by atoms with E-state index < -0.39 is 35.2 Å². The number of aliphatic carboxylic acids is 1. The standard InChI is InChI=1S/C12H12F2N2O4/c13-10-8(1-2-15-11(10)14)12(19)16-3-4-20-6-7(16)5-9(17)18/h1-2,7H,3-6H2,(H,17,18). The summed E-state index contributed by atoms with van der Waals surface area (Å²) >= 11 is 0. The van der Waals surface area contributed by atoms with Gasteiger partial charge in [-0.25, -0.2) is 9.37 Å². The summed E-state index contributed by atoms with van der Waals surface area (Å²) in [6.07, 6.45) is 0.666. The number of nitrogens with zero attached hydrogens (tertiary/aromatic N) is 2. The molecule has 1 fully saturated rings. The SMILES string of the molecule is O=C(O)CC1COCCN1C(=O)c1ccnc(F)c1F. The first-order chi connectivity index (χ1) is 9.50. The van der Waals surface area contributed by atoms with Crippen molar-refractivity contribution in [3.05, 3.63) is 29.6 Å². The predicted molar refractivity (Wildman–Crippen MR) is 62.0 cm³/mol. The van der Waals surface area contributed by atoms with Crippen molar-refractivity contribution in [1.82, 2.24) is 9.88 Å². The highest BCUT2D eigenvalue weighted by molar-refractivity contribution is 5.94. The minimum absolute atomic E-state index is 0.0488. The Kier molecular flexibility index (Phi) is 4.23. The topological polar surface area (TPSA) is 79.7 Å². The van der Waals surface area contributed by atoms with Crippen LogP contribution < -0.4 is 0 Å². The van der Waals surface area contributed by atoms with E-state index in [-0.39, 0.29) is 26.2 Å². The minimum Gasteiger partial charge on any atom is -0.481 e. The number of amides is 1. The molecule has 1 aliphatic heterocycles. The lowest BCUT2D eigenvalue weighted by Crippen LogP contribution is -2.49. The highest BCUT2D eigenvalue weighted by Crippen LogP contribution is 2.17. The summed E-state index contributed by atoms with van der Waals surface area (Å²) in [5, 5.41) is 8.80. The van der Waals surface area contributed by atoms with Crippen LogP contribution >= 0.6 is 0 Å². The second kappa shape index (κ2) is 5.91. The van der Waals surface area contributed by atoms with Gasteiger partial charge in [-0.15, -0.1) is 0 Å². The number of hydrogen-bond donors (Lipinski definition) is 1. The number of aromatic nitrogens is 1. The Bertz CT molecular complexity index is 538. The molecule has 0 radical (unpaired) electrons. The van der Waals surface area contributed by atoms with E-state index >= 15 is 0 Å². The molecule has 1 unspecified atom stereocenters. The molecule has 108 valence electrons. The van der Waals surface area contributed by atoms with Crippen molar-refractivity contribution in [2.75, 3.05) is 19.8 Å². The van der Waals surface area contributed by atoms with Crippen LogP contribution in [0.5, 0.6) is 0 Å². The Labute approximate surface area is 113 Å². The Morgan fingerprint density at radius 2 is 2.25 bits per heavy atom. The predicted octanol–water partition coefficient (Wildman–Crippen LogP) is 0.675. The van der Waals surface area contributed by atoms with E-state index in [1.807, 2.05) is 0 Å². The molecule has 1 amide bonds. The number of carbonyl (C=O) groups is 2. The molecule has 0 saturated carbocycles. The molecule has 2 heterocycles. The Morgan fingerprint density at radius 3 is 2.95 bits per heavy atom. The van der Waals surface area contributed by atoms with E-state index in [2.05, 4.69) is 4.98 Å². The van der Waals surface area contributed by atoms with Crippen molar-refractivity contribution < 1.29 is 28.2 Å². The van der Waals surface area contributed by atoms with E-state index in [9.17, 15) is 18.4 Å². The fraction of sp³-hybridized carbons (Fsp3) is 0.417. The molecule has 1 saturated heterocycles. The van der Waals surface area contributed by atoms with Crippen molar-refractivity contribution in [1.29, 1.82) is 0 Å². The van der Waals surface area contributed by atoms with Gasteiger partial charge in [-0.05, 0) is 6.07 Å². The van der Waals surface area contributed by atoms with Crippen molar-refractivity contribution in [3.63, 3.8) is 0 Å². The molecule has 20 heavy (non-hydrogen) atoms. The number of rotatable bonds is 3. The lowest BCUT2D eigenvalue weighted by atomic mass is 10.1. The summed E-state index contributed by atoms with van der Waals surface area (Å²) in [7, 11) is 0. The van der Waals surface area contributed by atoms with Gasteiger partial charge in [0.15, 0.2) is 5.82 Å². The number of halogens is 2. The normalized spacial score (nSPS) is 18.9. The maximum absolute atomic E-state index is 13.6. The molecule has 0 aromatic carbocycles. The zero-order valence-electron chi connectivity index (χ0n) is 10.4. The maximum Gasteiger partial charge on any atom is 0.305 e. The third kappa shape index (κ3) is 2.90. The highest BCUT2D eigenvalue weighted by atomic mass is 19.2. The van der Waals surface area contributed by atoms with Crippen LogP contribution in [0.1, 0.15) is 16.8 Å². The van der Waals surface area contributed by atoms with Crippen molar-refractivity contribution in [2.45, 2.75) is 12.5 Å². The van der Waals surface area contributed by atoms with Gasteiger partial charge in [0.25, 0.3) is 5.91 Å². The molecule has 8 heteroatoms. The molecule has 0 spiro atoms. The molecule has 0 bridgehead atoms. The van der Waals surface area contributed by atoms with Gasteiger partial charge in [-0.3, -0.25) is 9.59 Å². The van der Waals surface area contributed by atoms with Gasteiger partial charge in [0.2, 0.25) is 5.95 Å². The zero-order valence-corrected chi connectivity index (χ0v) is 10.4. The molecular formula is C12H12F2N2O4. The third-order valence-corrected chi connectivity index (χ3v) is 2.98. The molecule has 1 aromatic rings. The van der Waals surface area contributed by atoms with Crippen LogP contribution in [0.2, 0.25) is 0 Å². The smallest absolute Gasteiger partial charge is 0.305 e. The molecule has 0 aliphatic carbocycles. The molecule has 1 N–H and O–H groups in total. The van der Waals surface area contributed by atoms with Gasteiger partial charge in [0.1, 0.15) is 0 Å². The number of carboxylic acid groups (broad SMARTS) is 1. The Balaban J connectivity index is 2.25. The first-order valence-corrected chi connectivity index (χ1v) is 5.91. The van der Waals surface area contributed by atoms with Crippen molar-refractivity contribution in [2.24, 2.45) is 0 Å². The summed E-state index contributed by atoms with van der Waals surface area (Å²) in [6, 6.07) is 0.359. The van der Waals surface area contributed by atoms with Gasteiger partial charge >= 0.3 is 5.97 Å². The molecule has 1 aliphatic rings. The lowest BCUT2D eigenvalue weighted by Gasteiger charge is -2.34.